The van der Waals surface area contributed by atoms with E-state index in [-0.39, 0.29) is 0 Å². The molecule has 0 aromatic heterocycles. The van der Waals surface area contributed by atoms with Crippen LogP contribution in [0, 0.1) is 0 Å². The molecule has 0 radical (unpaired) electrons. The molecule has 4 aromatic carbocycles. The summed E-state index contributed by atoms with van der Waals surface area (Å²) in [7, 11) is 6.38. The van der Waals surface area contributed by atoms with Crippen LogP contribution in [0.25, 0.3) is 10.8 Å². The highest BCUT2D eigenvalue weighted by Gasteiger charge is 2.14. The highest BCUT2D eigenvalue weighted by atomic mass is 16.5. The lowest BCUT2D eigenvalue weighted by Gasteiger charge is -2.15. The maximum Gasteiger partial charge on any atom is 0.203 e. The molecule has 0 heterocycles. The van der Waals surface area contributed by atoms with Crippen molar-refractivity contribution in [3.05, 3.63) is 89.5 Å². The van der Waals surface area contributed by atoms with Gasteiger partial charge >= 0.3 is 0 Å². The van der Waals surface area contributed by atoms with Crippen LogP contribution in [-0.4, -0.2) is 33.5 Å². The molecule has 0 saturated heterocycles. The first-order valence-electron chi connectivity index (χ1n) is 10.8. The maximum atomic E-state index is 10.8. The van der Waals surface area contributed by atoms with E-state index < -0.39 is 6.10 Å². The first-order chi connectivity index (χ1) is 16.6. The molecule has 4 aromatic rings. The van der Waals surface area contributed by atoms with E-state index in [2.05, 4.69) is 0 Å². The Hall–Kier alpha value is -3.90. The van der Waals surface area contributed by atoms with Crippen molar-refractivity contribution in [2.24, 2.45) is 0 Å². The number of ether oxygens (including phenoxy) is 5. The van der Waals surface area contributed by atoms with Crippen molar-refractivity contribution in [1.82, 2.24) is 0 Å². The highest BCUT2D eigenvalue weighted by molar-refractivity contribution is 5.84. The number of methoxy groups -OCH3 is 4. The van der Waals surface area contributed by atoms with Gasteiger partial charge in [-0.2, -0.15) is 0 Å². The fourth-order valence-electron chi connectivity index (χ4n) is 3.87. The second kappa shape index (κ2) is 10.4. The normalized spacial score (nSPS) is 11.7. The summed E-state index contributed by atoms with van der Waals surface area (Å²) in [6, 6.07) is 23.0. The predicted molar refractivity (Wildman–Crippen MR) is 131 cm³/mol. The Morgan fingerprint density at radius 1 is 0.618 bits per heavy atom. The molecule has 0 amide bonds. The number of fused-ring (bicyclic) bond motifs is 1. The molecular formula is C28H28O6. The van der Waals surface area contributed by atoms with Crippen LogP contribution >= 0.6 is 0 Å². The zero-order valence-electron chi connectivity index (χ0n) is 19.7. The van der Waals surface area contributed by atoms with Gasteiger partial charge in [-0.1, -0.05) is 30.3 Å². The fourth-order valence-corrected chi connectivity index (χ4v) is 3.87. The maximum absolute atomic E-state index is 10.8. The van der Waals surface area contributed by atoms with E-state index in [0.717, 1.165) is 39.0 Å². The lowest BCUT2D eigenvalue weighted by Crippen LogP contribution is -2.01. The lowest BCUT2D eigenvalue weighted by atomic mass is 9.98. The van der Waals surface area contributed by atoms with Gasteiger partial charge in [-0.05, 0) is 69.9 Å². The van der Waals surface area contributed by atoms with Gasteiger partial charge in [-0.25, -0.2) is 0 Å². The zero-order chi connectivity index (χ0) is 24.1. The summed E-state index contributed by atoms with van der Waals surface area (Å²) in [6.07, 6.45) is -0.716. The van der Waals surface area contributed by atoms with E-state index in [1.54, 1.807) is 28.4 Å². The quantitative estimate of drug-likeness (QED) is 0.354. The van der Waals surface area contributed by atoms with Crippen LogP contribution in [0.3, 0.4) is 0 Å². The third-order valence-electron chi connectivity index (χ3n) is 5.71. The predicted octanol–water partition coefficient (Wildman–Crippen LogP) is 5.53. The van der Waals surface area contributed by atoms with Crippen molar-refractivity contribution in [3.8, 4) is 28.7 Å². The van der Waals surface area contributed by atoms with Crippen molar-refractivity contribution in [2.75, 3.05) is 28.4 Å². The fraction of sp³-hybridized carbons (Fsp3) is 0.214. The molecule has 1 unspecified atom stereocenters. The number of aliphatic hydroxyl groups is 1. The molecule has 176 valence electrons. The van der Waals surface area contributed by atoms with E-state index in [4.69, 9.17) is 23.7 Å². The summed E-state index contributed by atoms with van der Waals surface area (Å²) in [6.45, 7) is 0.344. The number of rotatable bonds is 9. The number of benzene rings is 4. The van der Waals surface area contributed by atoms with Crippen LogP contribution in [0.15, 0.2) is 72.8 Å². The van der Waals surface area contributed by atoms with Crippen LogP contribution < -0.4 is 23.7 Å². The number of hydrogen-bond donors (Lipinski definition) is 1. The minimum Gasteiger partial charge on any atom is -0.497 e. The smallest absolute Gasteiger partial charge is 0.203 e. The Labute approximate surface area is 199 Å². The standard InChI is InChI=1S/C28H28O6/c1-30-23-10-7-19(8-11-23)27(29)22-6-5-21-16-24(12-9-20(21)15-22)34-17-18-13-25(31-2)28(33-4)26(14-18)32-3/h5-16,27,29H,17H2,1-4H3. The summed E-state index contributed by atoms with van der Waals surface area (Å²) < 4.78 is 27.4. The van der Waals surface area contributed by atoms with Crippen molar-refractivity contribution in [2.45, 2.75) is 12.7 Å². The van der Waals surface area contributed by atoms with Crippen LogP contribution in [0.4, 0.5) is 0 Å². The van der Waals surface area contributed by atoms with Gasteiger partial charge < -0.3 is 28.8 Å². The van der Waals surface area contributed by atoms with Gasteiger partial charge in [0.2, 0.25) is 5.75 Å². The molecule has 34 heavy (non-hydrogen) atoms. The third kappa shape index (κ3) is 4.87. The van der Waals surface area contributed by atoms with Gasteiger partial charge in [0.05, 0.1) is 28.4 Å². The monoisotopic (exact) mass is 460 g/mol. The van der Waals surface area contributed by atoms with Crippen LogP contribution in [0.1, 0.15) is 22.8 Å². The molecule has 0 aliphatic heterocycles. The number of hydrogen-bond acceptors (Lipinski definition) is 6. The van der Waals surface area contributed by atoms with Crippen LogP contribution in [0.5, 0.6) is 28.7 Å². The molecule has 0 spiro atoms. The van der Waals surface area contributed by atoms with Gasteiger partial charge in [-0.15, -0.1) is 0 Å². The van der Waals surface area contributed by atoms with Crippen molar-refractivity contribution >= 4 is 10.8 Å². The Morgan fingerprint density at radius 2 is 1.21 bits per heavy atom. The first kappa shape index (κ1) is 23.3. The molecule has 0 bridgehead atoms. The molecule has 6 heteroatoms. The van der Waals surface area contributed by atoms with Crippen molar-refractivity contribution in [3.63, 3.8) is 0 Å². The third-order valence-corrected chi connectivity index (χ3v) is 5.71. The largest absolute Gasteiger partial charge is 0.497 e. The van der Waals surface area contributed by atoms with Crippen molar-refractivity contribution < 1.29 is 28.8 Å². The Bertz CT molecular complexity index is 1240. The SMILES string of the molecule is COc1ccc(C(O)c2ccc3cc(OCc4cc(OC)c(OC)c(OC)c4)ccc3c2)cc1. The minimum absolute atomic E-state index is 0.344. The Morgan fingerprint density at radius 3 is 1.82 bits per heavy atom. The second-order valence-electron chi connectivity index (χ2n) is 7.77. The van der Waals surface area contributed by atoms with E-state index in [0.29, 0.717) is 23.9 Å². The van der Waals surface area contributed by atoms with E-state index >= 15 is 0 Å². The van der Waals surface area contributed by atoms with Gasteiger partial charge in [0, 0.05) is 0 Å². The van der Waals surface area contributed by atoms with E-state index in [9.17, 15) is 5.11 Å². The average Bonchev–Trinajstić information content (AvgIpc) is 2.90. The molecule has 0 aliphatic rings. The molecule has 6 nitrogen and oxygen atoms in total. The van der Waals surface area contributed by atoms with Gasteiger partial charge in [0.1, 0.15) is 24.2 Å². The average molecular weight is 461 g/mol. The summed E-state index contributed by atoms with van der Waals surface area (Å²) in [5, 5.41) is 12.8. The summed E-state index contributed by atoms with van der Waals surface area (Å²) in [4.78, 5) is 0. The molecule has 0 saturated carbocycles. The van der Waals surface area contributed by atoms with Gasteiger partial charge in [0.25, 0.3) is 0 Å². The Kier molecular flexibility index (Phi) is 7.09. The first-order valence-corrected chi connectivity index (χ1v) is 10.8. The summed E-state index contributed by atoms with van der Waals surface area (Å²) in [5.41, 5.74) is 2.53. The molecular weight excluding hydrogens is 432 g/mol. The summed E-state index contributed by atoms with van der Waals surface area (Å²) >= 11 is 0. The van der Waals surface area contributed by atoms with E-state index in [1.165, 1.54) is 0 Å². The molecule has 4 rings (SSSR count). The van der Waals surface area contributed by atoms with Crippen molar-refractivity contribution in [1.29, 1.82) is 0 Å². The van der Waals surface area contributed by atoms with Gasteiger partial charge in [-0.3, -0.25) is 0 Å². The van der Waals surface area contributed by atoms with Gasteiger partial charge in [0.15, 0.2) is 11.5 Å². The van der Waals surface area contributed by atoms with Crippen LogP contribution in [-0.2, 0) is 6.61 Å². The lowest BCUT2D eigenvalue weighted by molar-refractivity contribution is 0.220. The second-order valence-corrected chi connectivity index (χ2v) is 7.77. The van der Waals surface area contributed by atoms with E-state index in [1.807, 2.05) is 72.8 Å². The molecule has 1 N–H and O–H groups in total. The summed E-state index contributed by atoms with van der Waals surface area (Å²) in [5.74, 6) is 3.22. The topological polar surface area (TPSA) is 66.4 Å². The molecule has 0 fully saturated rings. The molecule has 0 aliphatic carbocycles. The Balaban J connectivity index is 1.51. The zero-order valence-corrected chi connectivity index (χ0v) is 19.7. The highest BCUT2D eigenvalue weighted by Crippen LogP contribution is 2.38. The molecule has 1 atom stereocenters. The van der Waals surface area contributed by atoms with Crippen LogP contribution in [0.2, 0.25) is 0 Å². The minimum atomic E-state index is -0.716. The number of aliphatic hydroxyl groups excluding tert-OH is 1.